The summed E-state index contributed by atoms with van der Waals surface area (Å²) in [6.45, 7) is 2.99. The smallest absolute Gasteiger partial charge is 0.257 e. The van der Waals surface area contributed by atoms with Gasteiger partial charge in [0, 0.05) is 26.6 Å². The van der Waals surface area contributed by atoms with Crippen LogP contribution < -0.4 is 5.73 Å². The molecule has 20 heavy (non-hydrogen) atoms. The number of ether oxygens (including phenoxy) is 1. The average Bonchev–Trinajstić information content (AvgIpc) is 2.41. The Kier molecular flexibility index (Phi) is 6.41. The van der Waals surface area contributed by atoms with E-state index in [4.69, 9.17) is 22.7 Å². The molecule has 0 spiro atoms. The van der Waals surface area contributed by atoms with Crippen LogP contribution in [0.3, 0.4) is 0 Å². The topological polar surface area (TPSA) is 75.8 Å². The lowest BCUT2D eigenvalue weighted by atomic mass is 10.1. The molecule has 0 aliphatic carbocycles. The van der Waals surface area contributed by atoms with Gasteiger partial charge in [-0.05, 0) is 18.6 Å². The number of rotatable bonds is 7. The Bertz CT molecular complexity index is 491. The summed E-state index contributed by atoms with van der Waals surface area (Å²) in [6.07, 6.45) is 0.442. The number of nitrogens with zero attached hydrogens (tertiary/aromatic N) is 1. The van der Waals surface area contributed by atoms with Crippen LogP contribution in [0.25, 0.3) is 0 Å². The molecule has 0 saturated heterocycles. The number of phenolic OH excluding ortho intramolecular Hbond substituents is 1. The first kappa shape index (κ1) is 16.4. The quantitative estimate of drug-likeness (QED) is 0.745. The molecule has 1 aromatic carbocycles. The summed E-state index contributed by atoms with van der Waals surface area (Å²) < 4.78 is 5.00. The maximum absolute atomic E-state index is 12.5. The molecule has 0 bridgehead atoms. The summed E-state index contributed by atoms with van der Waals surface area (Å²) in [5.41, 5.74) is 6.42. The SMILES string of the molecule is COCCN(CCC(N)=S)C(=O)c1cccc(C)c1O. The van der Waals surface area contributed by atoms with Crippen molar-refractivity contribution in [2.45, 2.75) is 13.3 Å². The molecule has 0 atom stereocenters. The largest absolute Gasteiger partial charge is 0.507 e. The van der Waals surface area contributed by atoms with E-state index in [1.165, 1.54) is 0 Å². The van der Waals surface area contributed by atoms with E-state index < -0.39 is 0 Å². The van der Waals surface area contributed by atoms with Crippen LogP contribution in [0.15, 0.2) is 18.2 Å². The van der Waals surface area contributed by atoms with Gasteiger partial charge in [0.1, 0.15) is 5.75 Å². The zero-order chi connectivity index (χ0) is 15.1. The summed E-state index contributed by atoms with van der Waals surface area (Å²) in [5.74, 6) is -0.241. The number of para-hydroxylation sites is 1. The summed E-state index contributed by atoms with van der Waals surface area (Å²) in [6, 6.07) is 5.09. The van der Waals surface area contributed by atoms with E-state index in [-0.39, 0.29) is 17.2 Å². The van der Waals surface area contributed by atoms with Gasteiger partial charge < -0.3 is 20.5 Å². The standard InChI is InChI=1S/C14H20N2O3S/c1-10-4-3-5-11(13(10)17)14(18)16(8-9-19-2)7-6-12(15)20/h3-5,17H,6-9H2,1-2H3,(H2,15,20). The molecular weight excluding hydrogens is 276 g/mol. The number of benzene rings is 1. The molecule has 1 aromatic rings. The van der Waals surface area contributed by atoms with Gasteiger partial charge in [0.05, 0.1) is 17.2 Å². The molecule has 0 saturated carbocycles. The number of thiocarbonyl (C=S) groups is 1. The van der Waals surface area contributed by atoms with Crippen molar-refractivity contribution in [1.29, 1.82) is 0 Å². The highest BCUT2D eigenvalue weighted by Gasteiger charge is 2.19. The number of carbonyl (C=O) groups is 1. The van der Waals surface area contributed by atoms with Gasteiger partial charge in [-0.3, -0.25) is 4.79 Å². The number of nitrogens with two attached hydrogens (primary N) is 1. The molecule has 0 aliphatic rings. The number of carbonyl (C=O) groups excluding carboxylic acids is 1. The number of phenols is 1. The van der Waals surface area contributed by atoms with Gasteiger partial charge >= 0.3 is 0 Å². The molecule has 3 N–H and O–H groups in total. The fraction of sp³-hybridized carbons (Fsp3) is 0.429. The highest BCUT2D eigenvalue weighted by Crippen LogP contribution is 2.22. The first-order chi connectivity index (χ1) is 9.47. The van der Waals surface area contributed by atoms with Crippen molar-refractivity contribution in [3.63, 3.8) is 0 Å². The van der Waals surface area contributed by atoms with Crippen LogP contribution in [-0.2, 0) is 4.74 Å². The third-order valence-electron chi connectivity index (χ3n) is 2.95. The van der Waals surface area contributed by atoms with E-state index in [2.05, 4.69) is 0 Å². The molecule has 1 amide bonds. The second-order valence-electron chi connectivity index (χ2n) is 4.47. The molecule has 0 aliphatic heterocycles. The minimum absolute atomic E-state index is 0.00948. The van der Waals surface area contributed by atoms with Crippen LogP contribution in [0, 0.1) is 6.92 Å². The summed E-state index contributed by atoms with van der Waals surface area (Å²) in [4.78, 5) is 14.4. The summed E-state index contributed by atoms with van der Waals surface area (Å²) in [7, 11) is 1.57. The normalized spacial score (nSPS) is 10.3. The highest BCUT2D eigenvalue weighted by atomic mass is 32.1. The highest BCUT2D eigenvalue weighted by molar-refractivity contribution is 7.80. The Labute approximate surface area is 124 Å². The Morgan fingerprint density at radius 3 is 2.75 bits per heavy atom. The lowest BCUT2D eigenvalue weighted by Gasteiger charge is -2.23. The first-order valence-corrected chi connectivity index (χ1v) is 6.73. The second kappa shape index (κ2) is 7.81. The van der Waals surface area contributed by atoms with Gasteiger partial charge in [-0.1, -0.05) is 24.4 Å². The molecule has 110 valence electrons. The predicted molar refractivity (Wildman–Crippen MR) is 82.0 cm³/mol. The third kappa shape index (κ3) is 4.47. The van der Waals surface area contributed by atoms with E-state index in [9.17, 15) is 9.90 Å². The minimum atomic E-state index is -0.250. The van der Waals surface area contributed by atoms with Gasteiger partial charge in [-0.15, -0.1) is 0 Å². The van der Waals surface area contributed by atoms with Crippen molar-refractivity contribution in [1.82, 2.24) is 4.90 Å². The van der Waals surface area contributed by atoms with Crippen LogP contribution in [-0.4, -0.2) is 47.7 Å². The fourth-order valence-electron chi connectivity index (χ4n) is 1.76. The third-order valence-corrected chi connectivity index (χ3v) is 3.15. The summed E-state index contributed by atoms with van der Waals surface area (Å²) >= 11 is 4.84. The van der Waals surface area contributed by atoms with Gasteiger partial charge in [0.15, 0.2) is 0 Å². The van der Waals surface area contributed by atoms with E-state index in [1.807, 2.05) is 0 Å². The molecule has 0 aromatic heterocycles. The van der Waals surface area contributed by atoms with Crippen LogP contribution in [0.4, 0.5) is 0 Å². The molecule has 1 rings (SSSR count). The van der Waals surface area contributed by atoms with E-state index >= 15 is 0 Å². The second-order valence-corrected chi connectivity index (χ2v) is 5.00. The van der Waals surface area contributed by atoms with E-state index in [1.54, 1.807) is 37.1 Å². The van der Waals surface area contributed by atoms with Crippen LogP contribution in [0.2, 0.25) is 0 Å². The number of hydrogen-bond acceptors (Lipinski definition) is 4. The predicted octanol–water partition coefficient (Wildman–Crippen LogP) is 1.47. The van der Waals surface area contributed by atoms with Crippen molar-refractivity contribution in [3.05, 3.63) is 29.3 Å². The lowest BCUT2D eigenvalue weighted by Crippen LogP contribution is -2.36. The molecule has 6 heteroatoms. The van der Waals surface area contributed by atoms with E-state index in [0.717, 1.165) is 0 Å². The number of hydrogen-bond donors (Lipinski definition) is 2. The van der Waals surface area contributed by atoms with E-state index in [0.29, 0.717) is 36.7 Å². The van der Waals surface area contributed by atoms with Gasteiger partial charge in [0.25, 0.3) is 5.91 Å². The first-order valence-electron chi connectivity index (χ1n) is 6.32. The average molecular weight is 296 g/mol. The fourth-order valence-corrected chi connectivity index (χ4v) is 1.85. The molecule has 5 nitrogen and oxygen atoms in total. The zero-order valence-electron chi connectivity index (χ0n) is 11.8. The van der Waals surface area contributed by atoms with Crippen molar-refractivity contribution in [2.24, 2.45) is 5.73 Å². The van der Waals surface area contributed by atoms with Crippen molar-refractivity contribution >= 4 is 23.1 Å². The number of amides is 1. The minimum Gasteiger partial charge on any atom is -0.507 e. The Balaban J connectivity index is 2.90. The molecule has 0 radical (unpaired) electrons. The number of aryl methyl sites for hydroxylation is 1. The Hall–Kier alpha value is -1.66. The lowest BCUT2D eigenvalue weighted by molar-refractivity contribution is 0.0698. The maximum Gasteiger partial charge on any atom is 0.257 e. The van der Waals surface area contributed by atoms with Gasteiger partial charge in [-0.25, -0.2) is 0 Å². The zero-order valence-corrected chi connectivity index (χ0v) is 12.6. The van der Waals surface area contributed by atoms with Crippen molar-refractivity contribution < 1.29 is 14.6 Å². The molecule has 0 unspecified atom stereocenters. The molecular formula is C14H20N2O3S. The van der Waals surface area contributed by atoms with Gasteiger partial charge in [-0.2, -0.15) is 0 Å². The van der Waals surface area contributed by atoms with Crippen LogP contribution >= 0.6 is 12.2 Å². The summed E-state index contributed by atoms with van der Waals surface area (Å²) in [5, 5.41) is 9.99. The Morgan fingerprint density at radius 2 is 2.15 bits per heavy atom. The Morgan fingerprint density at radius 1 is 1.45 bits per heavy atom. The van der Waals surface area contributed by atoms with Crippen molar-refractivity contribution in [3.8, 4) is 5.75 Å². The van der Waals surface area contributed by atoms with Crippen LogP contribution in [0.5, 0.6) is 5.75 Å². The molecule has 0 fully saturated rings. The van der Waals surface area contributed by atoms with Gasteiger partial charge in [0.2, 0.25) is 0 Å². The maximum atomic E-state index is 12.5. The van der Waals surface area contributed by atoms with Crippen LogP contribution in [0.1, 0.15) is 22.3 Å². The van der Waals surface area contributed by atoms with Crippen molar-refractivity contribution in [2.75, 3.05) is 26.8 Å². The number of aromatic hydroxyl groups is 1. The molecule has 0 heterocycles. The monoisotopic (exact) mass is 296 g/mol. The number of methoxy groups -OCH3 is 1.